The van der Waals surface area contributed by atoms with Crippen LogP contribution in [-0.4, -0.2) is 37.2 Å². The lowest BCUT2D eigenvalue weighted by atomic mass is 9.72. The number of alkyl halides is 2. The summed E-state index contributed by atoms with van der Waals surface area (Å²) in [7, 11) is 3.09. The molecule has 34 heavy (non-hydrogen) atoms. The summed E-state index contributed by atoms with van der Waals surface area (Å²) in [5, 5.41) is 14.5. The number of halogens is 3. The number of hydrogen-bond donors (Lipinski definition) is 2. The lowest BCUT2D eigenvalue weighted by Crippen LogP contribution is -2.48. The Labute approximate surface area is 206 Å². The van der Waals surface area contributed by atoms with Crippen LogP contribution in [0.15, 0.2) is 71.5 Å². The molecule has 3 aromatic rings. The highest BCUT2D eigenvalue weighted by molar-refractivity contribution is 9.10. The number of aliphatic hydroxyl groups is 1. The zero-order valence-corrected chi connectivity index (χ0v) is 20.6. The smallest absolute Gasteiger partial charge is 0.250 e. The van der Waals surface area contributed by atoms with Gasteiger partial charge in [-0.3, -0.25) is 4.98 Å². The fourth-order valence-corrected chi connectivity index (χ4v) is 5.43. The van der Waals surface area contributed by atoms with Gasteiger partial charge in [0.2, 0.25) is 0 Å². The first kappa shape index (κ1) is 24.6. The zero-order chi connectivity index (χ0) is 24.3. The second-order valence-electron chi connectivity index (χ2n) is 8.37. The van der Waals surface area contributed by atoms with E-state index in [-0.39, 0.29) is 12.5 Å². The van der Waals surface area contributed by atoms with E-state index in [0.717, 1.165) is 22.0 Å². The van der Waals surface area contributed by atoms with Crippen molar-refractivity contribution < 1.29 is 23.4 Å². The second kappa shape index (κ2) is 9.98. The second-order valence-corrected chi connectivity index (χ2v) is 9.29. The average molecular weight is 533 g/mol. The molecule has 1 aromatic heterocycles. The maximum Gasteiger partial charge on any atom is 0.250 e. The Kier molecular flexibility index (Phi) is 7.21. The third kappa shape index (κ3) is 4.08. The fraction of sp³-hybridized carbons (Fsp3) is 0.346. The van der Waals surface area contributed by atoms with Crippen molar-refractivity contribution in [1.82, 2.24) is 10.3 Å². The normalized spacial score (nSPS) is 24.6. The first-order chi connectivity index (χ1) is 16.4. The highest BCUT2D eigenvalue weighted by Gasteiger charge is 2.69. The summed E-state index contributed by atoms with van der Waals surface area (Å²) in [4.78, 5) is 4.25. The molecule has 3 unspecified atom stereocenters. The number of methoxy groups -OCH3 is 1. The van der Waals surface area contributed by atoms with Gasteiger partial charge in [-0.2, -0.15) is 0 Å². The molecule has 1 saturated carbocycles. The molecule has 1 fully saturated rings. The van der Waals surface area contributed by atoms with Gasteiger partial charge in [-0.25, -0.2) is 8.78 Å². The average Bonchev–Trinajstić information content (AvgIpc) is 3.27. The third-order valence-electron chi connectivity index (χ3n) is 6.51. The summed E-state index contributed by atoms with van der Waals surface area (Å²) in [6.45, 7) is -0.208. The van der Waals surface area contributed by atoms with Gasteiger partial charge in [0.25, 0.3) is 6.43 Å². The summed E-state index contributed by atoms with van der Waals surface area (Å²) in [5.41, 5.74) is 0.661. The third-order valence-corrected chi connectivity index (χ3v) is 7.04. The van der Waals surface area contributed by atoms with Crippen LogP contribution < -0.4 is 14.8 Å². The lowest BCUT2D eigenvalue weighted by Gasteiger charge is -2.40. The number of fused-ring (bicyclic) bond motifs is 3. The van der Waals surface area contributed by atoms with Crippen LogP contribution in [0.2, 0.25) is 0 Å². The first-order valence-corrected chi connectivity index (χ1v) is 11.8. The van der Waals surface area contributed by atoms with E-state index in [2.05, 4.69) is 38.4 Å². The summed E-state index contributed by atoms with van der Waals surface area (Å²) < 4.78 is 35.1. The van der Waals surface area contributed by atoms with Gasteiger partial charge >= 0.3 is 0 Å². The molecule has 0 spiro atoms. The minimum Gasteiger partial charge on any atom is -0.495 e. The minimum atomic E-state index is -2.21. The molecule has 2 aliphatic rings. The predicted octanol–water partition coefficient (Wildman–Crippen LogP) is 5.38. The molecule has 0 amide bonds. The van der Waals surface area contributed by atoms with E-state index >= 15 is 0 Å². The van der Waals surface area contributed by atoms with E-state index in [9.17, 15) is 13.9 Å². The molecule has 0 saturated heterocycles. The number of benzene rings is 2. The van der Waals surface area contributed by atoms with Gasteiger partial charge in [0.1, 0.15) is 17.1 Å². The number of nitrogens with zero attached hydrogens (tertiary/aromatic N) is 1. The molecule has 0 radical (unpaired) electrons. The van der Waals surface area contributed by atoms with E-state index in [1.54, 1.807) is 19.5 Å². The molecule has 2 aromatic carbocycles. The summed E-state index contributed by atoms with van der Waals surface area (Å²) in [6, 6.07) is 18.3. The summed E-state index contributed by atoms with van der Waals surface area (Å²) in [6.07, 6.45) is 2.50. The van der Waals surface area contributed by atoms with E-state index in [1.165, 1.54) is 7.05 Å². The van der Waals surface area contributed by atoms with Gasteiger partial charge < -0.3 is 19.9 Å². The molecule has 180 valence electrons. The predicted molar refractivity (Wildman–Crippen MR) is 129 cm³/mol. The maximum atomic E-state index is 12.2. The van der Waals surface area contributed by atoms with Crippen molar-refractivity contribution in [2.75, 3.05) is 20.7 Å². The summed E-state index contributed by atoms with van der Waals surface area (Å²) >= 11 is 3.52. The molecule has 2 heterocycles. The Morgan fingerprint density at radius 3 is 2.47 bits per heavy atom. The number of pyridine rings is 1. The number of rotatable bonds is 5. The Bertz CT molecular complexity index is 1120. The molecule has 0 bridgehead atoms. The zero-order valence-electron chi connectivity index (χ0n) is 19.0. The Morgan fingerprint density at radius 2 is 1.88 bits per heavy atom. The molecule has 5 rings (SSSR count). The van der Waals surface area contributed by atoms with E-state index in [0.29, 0.717) is 23.5 Å². The maximum absolute atomic E-state index is 12.2. The van der Waals surface area contributed by atoms with Crippen LogP contribution >= 0.6 is 15.9 Å². The molecule has 3 atom stereocenters. The van der Waals surface area contributed by atoms with E-state index in [1.807, 2.05) is 42.5 Å². The molecule has 1 aliphatic heterocycles. The number of ether oxygens (including phenoxy) is 2. The van der Waals surface area contributed by atoms with Crippen LogP contribution in [0.3, 0.4) is 0 Å². The van der Waals surface area contributed by atoms with Crippen LogP contribution in [0.1, 0.15) is 35.4 Å². The monoisotopic (exact) mass is 532 g/mol. The largest absolute Gasteiger partial charge is 0.495 e. The summed E-state index contributed by atoms with van der Waals surface area (Å²) in [5.74, 6) is 1.15. The van der Waals surface area contributed by atoms with Crippen LogP contribution in [0.25, 0.3) is 0 Å². The fourth-order valence-electron chi connectivity index (χ4n) is 5.17. The quantitative estimate of drug-likeness (QED) is 0.462. The van der Waals surface area contributed by atoms with Crippen LogP contribution in [-0.2, 0) is 11.2 Å². The Balaban J connectivity index is 0.000000408. The first-order valence-electron chi connectivity index (χ1n) is 11.0. The minimum absolute atomic E-state index is 0.00279. The van der Waals surface area contributed by atoms with Crippen molar-refractivity contribution in [3.05, 3.63) is 88.2 Å². The van der Waals surface area contributed by atoms with Gasteiger partial charge in [-0.15, -0.1) is 0 Å². The standard InChI is InChI=1S/C23H20BrNO3.C3H7F2N/c1-27-19-13-25-14-20-21(19)22(26)12-11-18(15-5-3-2-4-6-15)23(22,28-20)16-7-9-17(24)10-8-16;1-6-2-3(4)5/h2-10,13-14,18,26H,11-12H2,1H3;3,6H,2H2,1H3. The van der Waals surface area contributed by atoms with Crippen molar-refractivity contribution in [2.24, 2.45) is 0 Å². The van der Waals surface area contributed by atoms with Crippen molar-refractivity contribution in [3.8, 4) is 11.5 Å². The van der Waals surface area contributed by atoms with Crippen molar-refractivity contribution in [3.63, 3.8) is 0 Å². The van der Waals surface area contributed by atoms with E-state index < -0.39 is 17.6 Å². The van der Waals surface area contributed by atoms with Crippen molar-refractivity contribution in [1.29, 1.82) is 0 Å². The Hall–Kier alpha value is -2.55. The van der Waals surface area contributed by atoms with Gasteiger partial charge in [0.05, 0.1) is 31.6 Å². The molecular formula is C26H27BrF2N2O3. The number of aromatic nitrogens is 1. The van der Waals surface area contributed by atoms with Crippen LogP contribution in [0.5, 0.6) is 11.5 Å². The van der Waals surface area contributed by atoms with Gasteiger partial charge in [-0.1, -0.05) is 58.4 Å². The van der Waals surface area contributed by atoms with Gasteiger partial charge in [-0.05, 0) is 43.1 Å². The van der Waals surface area contributed by atoms with Gasteiger partial charge in [0.15, 0.2) is 5.60 Å². The van der Waals surface area contributed by atoms with Crippen molar-refractivity contribution >= 4 is 15.9 Å². The molecule has 8 heteroatoms. The topological polar surface area (TPSA) is 63.6 Å². The van der Waals surface area contributed by atoms with E-state index in [4.69, 9.17) is 9.47 Å². The SMILES string of the molecule is CNCC(F)F.COc1cncc2c1C1(O)CCC(c3ccccc3)C1(c1ccc(Br)cc1)O2. The molecule has 1 aliphatic carbocycles. The number of hydrogen-bond acceptors (Lipinski definition) is 5. The van der Waals surface area contributed by atoms with Crippen LogP contribution in [0, 0.1) is 0 Å². The Morgan fingerprint density at radius 1 is 1.18 bits per heavy atom. The highest BCUT2D eigenvalue weighted by atomic mass is 79.9. The highest BCUT2D eigenvalue weighted by Crippen LogP contribution is 2.67. The van der Waals surface area contributed by atoms with Crippen LogP contribution in [0.4, 0.5) is 8.78 Å². The lowest BCUT2D eigenvalue weighted by molar-refractivity contribution is -0.106. The van der Waals surface area contributed by atoms with Crippen molar-refractivity contribution in [2.45, 2.75) is 36.4 Å². The molecule has 5 nitrogen and oxygen atoms in total. The van der Waals surface area contributed by atoms with Gasteiger partial charge in [0, 0.05) is 10.4 Å². The molecule has 2 N–H and O–H groups in total. The molecular weight excluding hydrogens is 506 g/mol. The number of nitrogens with one attached hydrogen (secondary N) is 1.